The van der Waals surface area contributed by atoms with Gasteiger partial charge in [0.25, 0.3) is 0 Å². The molecule has 0 bridgehead atoms. The molecule has 0 aliphatic rings. The van der Waals surface area contributed by atoms with Crippen molar-refractivity contribution in [3.05, 3.63) is 59.2 Å². The van der Waals surface area contributed by atoms with Gasteiger partial charge in [-0.1, -0.05) is 89.0 Å². The number of benzene rings is 2. The minimum atomic E-state index is -0.0136. The minimum absolute atomic E-state index is 0.0136. The maximum Gasteiger partial charge on any atom is 0.185 e. The lowest BCUT2D eigenvalue weighted by molar-refractivity contribution is 0.590. The monoisotopic (exact) mass is 465 g/mol. The lowest BCUT2D eigenvalue weighted by Crippen LogP contribution is -2.29. The van der Waals surface area contributed by atoms with Crippen molar-refractivity contribution in [1.82, 2.24) is 5.32 Å². The van der Waals surface area contributed by atoms with Gasteiger partial charge in [0.15, 0.2) is 5.96 Å². The molecule has 2 aromatic rings. The number of hydrogen-bond donors (Lipinski definition) is 3. The van der Waals surface area contributed by atoms with Crippen LogP contribution in [0.25, 0.3) is 11.1 Å². The molecule has 3 nitrogen and oxygen atoms in total. The lowest BCUT2D eigenvalue weighted by atomic mass is 9.86. The number of rotatable bonds is 5. The number of hydrogen-bond acceptors (Lipinski definition) is 1. The first-order valence-corrected chi connectivity index (χ1v) is 10.1. The third-order valence-corrected chi connectivity index (χ3v) is 4.66. The van der Waals surface area contributed by atoms with Gasteiger partial charge in [0.1, 0.15) is 0 Å². The predicted octanol–water partition coefficient (Wildman–Crippen LogP) is 5.29. The lowest BCUT2D eigenvalue weighted by Gasteiger charge is -2.19. The van der Waals surface area contributed by atoms with Gasteiger partial charge in [-0.2, -0.15) is 0 Å². The molecule has 0 radical (unpaired) electrons. The van der Waals surface area contributed by atoms with E-state index in [1.807, 2.05) is 0 Å². The normalized spacial score (nSPS) is 11.6. The number of halogens is 2. The number of alkyl halides is 2. The first-order chi connectivity index (χ1) is 11.6. The van der Waals surface area contributed by atoms with Crippen LogP contribution >= 0.6 is 31.9 Å². The van der Waals surface area contributed by atoms with Crippen LogP contribution in [0.15, 0.2) is 42.5 Å². The molecule has 0 saturated carbocycles. The molecule has 4 N–H and O–H groups in total. The fraction of sp³-hybridized carbons (Fsp3) is 0.350. The van der Waals surface area contributed by atoms with E-state index in [1.165, 1.54) is 22.3 Å². The average molecular weight is 467 g/mol. The van der Waals surface area contributed by atoms with E-state index >= 15 is 0 Å². The highest BCUT2D eigenvalue weighted by atomic mass is 79.9. The van der Waals surface area contributed by atoms with E-state index in [0.29, 0.717) is 6.54 Å². The summed E-state index contributed by atoms with van der Waals surface area (Å²) in [5.41, 5.74) is 11.6. The van der Waals surface area contributed by atoms with Gasteiger partial charge in [0, 0.05) is 6.54 Å². The zero-order valence-electron chi connectivity index (χ0n) is 14.9. The molecule has 134 valence electrons. The highest BCUT2D eigenvalue weighted by Gasteiger charge is 2.13. The van der Waals surface area contributed by atoms with Crippen molar-refractivity contribution >= 4 is 37.8 Å². The Labute approximate surface area is 167 Å². The van der Waals surface area contributed by atoms with Gasteiger partial charge < -0.3 is 11.1 Å². The first-order valence-electron chi connectivity index (χ1n) is 8.25. The minimum Gasteiger partial charge on any atom is -0.370 e. The van der Waals surface area contributed by atoms with Crippen molar-refractivity contribution in [2.24, 2.45) is 5.73 Å². The van der Waals surface area contributed by atoms with Gasteiger partial charge in [-0.3, -0.25) is 5.41 Å². The predicted molar refractivity (Wildman–Crippen MR) is 115 cm³/mol. The quantitative estimate of drug-likeness (QED) is 0.318. The van der Waals surface area contributed by atoms with Crippen molar-refractivity contribution < 1.29 is 0 Å². The Morgan fingerprint density at radius 3 is 2.16 bits per heavy atom. The highest BCUT2D eigenvalue weighted by Crippen LogP contribution is 2.28. The summed E-state index contributed by atoms with van der Waals surface area (Å²) in [6.07, 6.45) is 0.876. The summed E-state index contributed by atoms with van der Waals surface area (Å²) in [6.45, 7) is 7.21. The Balaban J connectivity index is 2.37. The van der Waals surface area contributed by atoms with Crippen LogP contribution in [0.4, 0.5) is 0 Å². The van der Waals surface area contributed by atoms with Gasteiger partial charge in [-0.15, -0.1) is 0 Å². The summed E-state index contributed by atoms with van der Waals surface area (Å²) in [4.78, 5) is 0. The second kappa shape index (κ2) is 8.37. The van der Waals surface area contributed by atoms with Crippen LogP contribution in [0.5, 0.6) is 0 Å². The molecular formula is C20H25Br2N3. The maximum atomic E-state index is 7.36. The fourth-order valence-electron chi connectivity index (χ4n) is 2.69. The van der Waals surface area contributed by atoms with Crippen LogP contribution in [0.3, 0.4) is 0 Å². The molecule has 2 aromatic carbocycles. The van der Waals surface area contributed by atoms with E-state index in [0.717, 1.165) is 12.0 Å². The molecule has 0 amide bonds. The molecule has 5 heteroatoms. The van der Waals surface area contributed by atoms with E-state index in [4.69, 9.17) is 11.1 Å². The van der Waals surface area contributed by atoms with Crippen molar-refractivity contribution in [3.8, 4) is 11.1 Å². The van der Waals surface area contributed by atoms with E-state index in [9.17, 15) is 0 Å². The Bertz CT molecular complexity index is 732. The van der Waals surface area contributed by atoms with Crippen molar-refractivity contribution in [2.45, 2.75) is 42.9 Å². The Hall–Kier alpha value is -1.33. The molecule has 2 rings (SSSR count). The molecule has 0 spiro atoms. The van der Waals surface area contributed by atoms with Gasteiger partial charge in [0.2, 0.25) is 0 Å². The summed E-state index contributed by atoms with van der Waals surface area (Å²) >= 11 is 7.11. The third kappa shape index (κ3) is 6.15. The molecule has 25 heavy (non-hydrogen) atoms. The maximum absolute atomic E-state index is 7.36. The largest absolute Gasteiger partial charge is 0.370 e. The molecular weight excluding hydrogens is 442 g/mol. The van der Waals surface area contributed by atoms with Crippen LogP contribution in [0, 0.1) is 5.41 Å². The highest BCUT2D eigenvalue weighted by molar-refractivity contribution is 9.24. The number of guanidine groups is 1. The summed E-state index contributed by atoms with van der Waals surface area (Å²) < 4.78 is 0.229. The van der Waals surface area contributed by atoms with Crippen molar-refractivity contribution in [3.63, 3.8) is 0 Å². The van der Waals surface area contributed by atoms with Gasteiger partial charge in [-0.25, -0.2) is 0 Å². The molecule has 0 atom stereocenters. The van der Waals surface area contributed by atoms with Crippen LogP contribution in [0.2, 0.25) is 0 Å². The van der Waals surface area contributed by atoms with E-state index < -0.39 is 0 Å². The average Bonchev–Trinajstić information content (AvgIpc) is 2.51. The second-order valence-electron chi connectivity index (χ2n) is 7.23. The number of nitrogens with two attached hydrogens (primary N) is 1. The summed E-state index contributed by atoms with van der Waals surface area (Å²) in [5, 5.41) is 10.2. The Morgan fingerprint density at radius 1 is 1.04 bits per heavy atom. The standard InChI is InChI=1S/C20H25Br2N3/c1-20(2,3)17-6-4-15(5-7-17)16-9-13(11-18(21)22)8-14(10-16)12-25-19(23)24/h4-10,18H,11-12H2,1-3H3,(H4,23,24,25). The van der Waals surface area contributed by atoms with Gasteiger partial charge >= 0.3 is 0 Å². The molecule has 0 aliphatic heterocycles. The number of nitrogens with one attached hydrogen (secondary N) is 2. The Kier molecular flexibility index (Phi) is 6.69. The molecule has 0 heterocycles. The first kappa shape index (κ1) is 20.0. The van der Waals surface area contributed by atoms with E-state index in [2.05, 4.69) is 100 Å². The molecule has 0 fully saturated rings. The zero-order valence-corrected chi connectivity index (χ0v) is 18.0. The van der Waals surface area contributed by atoms with E-state index in [1.54, 1.807) is 0 Å². The van der Waals surface area contributed by atoms with Crippen LogP contribution in [-0.2, 0) is 18.4 Å². The summed E-state index contributed by atoms with van der Waals surface area (Å²) in [7, 11) is 0. The SMILES string of the molecule is CC(C)(C)c1ccc(-c2cc(CNC(=N)N)cc(CC(Br)Br)c2)cc1. The zero-order chi connectivity index (χ0) is 18.6. The van der Waals surface area contributed by atoms with Crippen LogP contribution in [-0.4, -0.2) is 9.70 Å². The molecule has 0 unspecified atom stereocenters. The van der Waals surface area contributed by atoms with Crippen LogP contribution in [0.1, 0.15) is 37.5 Å². The fourth-order valence-corrected chi connectivity index (χ4v) is 3.43. The summed E-state index contributed by atoms with van der Waals surface area (Å²) in [6, 6.07) is 15.3. The Morgan fingerprint density at radius 2 is 1.64 bits per heavy atom. The van der Waals surface area contributed by atoms with Crippen LogP contribution < -0.4 is 11.1 Å². The molecule has 0 aromatic heterocycles. The molecule has 0 aliphatic carbocycles. The van der Waals surface area contributed by atoms with E-state index in [-0.39, 0.29) is 15.1 Å². The summed E-state index contributed by atoms with van der Waals surface area (Å²) in [5.74, 6) is -0.0136. The second-order valence-corrected chi connectivity index (χ2v) is 10.7. The van der Waals surface area contributed by atoms with Gasteiger partial charge in [-0.05, 0) is 45.7 Å². The van der Waals surface area contributed by atoms with Gasteiger partial charge in [0.05, 0.1) is 3.74 Å². The molecule has 0 saturated heterocycles. The topological polar surface area (TPSA) is 61.9 Å². The van der Waals surface area contributed by atoms with Crippen molar-refractivity contribution in [1.29, 1.82) is 5.41 Å². The third-order valence-electron chi connectivity index (χ3n) is 4.01. The smallest absolute Gasteiger partial charge is 0.185 e. The van der Waals surface area contributed by atoms with Crippen molar-refractivity contribution in [2.75, 3.05) is 0 Å².